The monoisotopic (exact) mass is 498 g/mol. The minimum absolute atomic E-state index is 0.101. The lowest BCUT2D eigenvalue weighted by molar-refractivity contribution is -0.141. The number of carbonyl (C=O) groups excluding carboxylic acids is 2. The Bertz CT molecular complexity index is 1100. The predicted octanol–water partition coefficient (Wildman–Crippen LogP) is 5.67. The fraction of sp³-hybridized carbons (Fsp3) is 0.259. The molecule has 3 aromatic carbocycles. The highest BCUT2D eigenvalue weighted by molar-refractivity contribution is 6.35. The normalized spacial score (nSPS) is 11.5. The Morgan fingerprint density at radius 2 is 1.68 bits per heavy atom. The largest absolute Gasteiger partial charge is 0.497 e. The Morgan fingerprint density at radius 3 is 2.29 bits per heavy atom. The molecule has 1 N–H and O–H groups in total. The van der Waals surface area contributed by atoms with Crippen LogP contribution in [0.2, 0.25) is 10.0 Å². The van der Waals surface area contributed by atoms with E-state index in [2.05, 4.69) is 5.32 Å². The smallest absolute Gasteiger partial charge is 0.243 e. The topological polar surface area (TPSA) is 58.6 Å². The maximum Gasteiger partial charge on any atom is 0.243 e. The van der Waals surface area contributed by atoms with Gasteiger partial charge in [-0.2, -0.15) is 0 Å². The molecule has 0 spiro atoms. The van der Waals surface area contributed by atoms with Gasteiger partial charge in [-0.1, -0.05) is 78.7 Å². The van der Waals surface area contributed by atoms with Crippen molar-refractivity contribution < 1.29 is 14.3 Å². The van der Waals surface area contributed by atoms with Gasteiger partial charge in [-0.15, -0.1) is 0 Å². The van der Waals surface area contributed by atoms with Crippen LogP contribution in [0.1, 0.15) is 30.0 Å². The molecule has 0 saturated heterocycles. The first-order valence-electron chi connectivity index (χ1n) is 11.1. The van der Waals surface area contributed by atoms with Crippen molar-refractivity contribution >= 4 is 35.0 Å². The van der Waals surface area contributed by atoms with Crippen LogP contribution < -0.4 is 10.1 Å². The number of benzene rings is 3. The SMILES string of the molecule is CCC(=O)N(Cc1ccc(OC)cc1)C(Cc1ccccc1)C(=O)NCc1ccc(Cl)cc1Cl. The molecule has 3 rings (SSSR count). The van der Waals surface area contributed by atoms with Crippen LogP contribution in [0.4, 0.5) is 0 Å². The van der Waals surface area contributed by atoms with Gasteiger partial charge in [-0.25, -0.2) is 0 Å². The Balaban J connectivity index is 1.86. The maximum absolute atomic E-state index is 13.5. The highest BCUT2D eigenvalue weighted by atomic mass is 35.5. The summed E-state index contributed by atoms with van der Waals surface area (Å²) in [6.07, 6.45) is 0.681. The molecule has 0 aliphatic rings. The Labute approximate surface area is 210 Å². The van der Waals surface area contributed by atoms with Crippen molar-refractivity contribution in [3.8, 4) is 5.75 Å². The summed E-state index contributed by atoms with van der Waals surface area (Å²) in [5, 5.41) is 3.97. The number of hydrogen-bond acceptors (Lipinski definition) is 3. The first-order chi connectivity index (χ1) is 16.4. The summed E-state index contributed by atoms with van der Waals surface area (Å²) < 4.78 is 5.23. The molecule has 2 amide bonds. The third-order valence-electron chi connectivity index (χ3n) is 5.55. The van der Waals surface area contributed by atoms with E-state index in [-0.39, 0.29) is 24.8 Å². The van der Waals surface area contributed by atoms with Gasteiger partial charge >= 0.3 is 0 Å². The number of nitrogens with zero attached hydrogens (tertiary/aromatic N) is 1. The molecule has 34 heavy (non-hydrogen) atoms. The summed E-state index contributed by atoms with van der Waals surface area (Å²) in [5.41, 5.74) is 2.63. The van der Waals surface area contributed by atoms with Crippen LogP contribution in [-0.2, 0) is 29.1 Å². The first kappa shape index (κ1) is 25.6. The van der Waals surface area contributed by atoms with E-state index >= 15 is 0 Å². The van der Waals surface area contributed by atoms with Crippen LogP contribution >= 0.6 is 23.2 Å². The van der Waals surface area contributed by atoms with E-state index in [0.29, 0.717) is 23.0 Å². The number of nitrogens with one attached hydrogen (secondary N) is 1. The van der Waals surface area contributed by atoms with E-state index in [0.717, 1.165) is 22.4 Å². The number of methoxy groups -OCH3 is 1. The number of amides is 2. The lowest BCUT2D eigenvalue weighted by atomic mass is 10.0. The van der Waals surface area contributed by atoms with Gasteiger partial charge < -0.3 is 15.0 Å². The van der Waals surface area contributed by atoms with E-state index in [9.17, 15) is 9.59 Å². The minimum atomic E-state index is -0.692. The van der Waals surface area contributed by atoms with Gasteiger partial charge in [0.05, 0.1) is 7.11 Å². The molecule has 178 valence electrons. The zero-order valence-electron chi connectivity index (χ0n) is 19.3. The fourth-order valence-electron chi connectivity index (χ4n) is 3.65. The van der Waals surface area contributed by atoms with Crippen molar-refractivity contribution in [1.82, 2.24) is 10.2 Å². The van der Waals surface area contributed by atoms with E-state index in [4.69, 9.17) is 27.9 Å². The fourth-order valence-corrected chi connectivity index (χ4v) is 4.13. The summed E-state index contributed by atoms with van der Waals surface area (Å²) >= 11 is 12.3. The summed E-state index contributed by atoms with van der Waals surface area (Å²) in [6.45, 7) is 2.34. The minimum Gasteiger partial charge on any atom is -0.497 e. The third-order valence-corrected chi connectivity index (χ3v) is 6.14. The molecule has 3 aromatic rings. The van der Waals surface area contributed by atoms with E-state index in [1.807, 2.05) is 54.6 Å². The van der Waals surface area contributed by atoms with E-state index < -0.39 is 6.04 Å². The highest BCUT2D eigenvalue weighted by Crippen LogP contribution is 2.22. The second-order valence-corrected chi connectivity index (χ2v) is 8.73. The quantitative estimate of drug-likeness (QED) is 0.391. The van der Waals surface area contributed by atoms with Crippen LogP contribution in [0.5, 0.6) is 5.75 Å². The van der Waals surface area contributed by atoms with Crippen molar-refractivity contribution in [2.75, 3.05) is 7.11 Å². The average Bonchev–Trinajstić information content (AvgIpc) is 2.86. The first-order valence-corrected chi connectivity index (χ1v) is 11.8. The molecule has 0 heterocycles. The Hall–Kier alpha value is -3.02. The van der Waals surface area contributed by atoms with E-state index in [1.165, 1.54) is 0 Å². The van der Waals surface area contributed by atoms with Crippen molar-refractivity contribution in [2.24, 2.45) is 0 Å². The molecule has 0 bridgehead atoms. The zero-order chi connectivity index (χ0) is 24.5. The molecule has 0 radical (unpaired) electrons. The number of rotatable bonds is 10. The number of halogens is 2. The summed E-state index contributed by atoms with van der Waals surface area (Å²) in [5.74, 6) is 0.386. The lowest BCUT2D eigenvalue weighted by Crippen LogP contribution is -2.50. The van der Waals surface area contributed by atoms with Crippen LogP contribution in [0.15, 0.2) is 72.8 Å². The van der Waals surface area contributed by atoms with Gasteiger partial charge in [0.2, 0.25) is 11.8 Å². The van der Waals surface area contributed by atoms with Gasteiger partial charge in [0.1, 0.15) is 11.8 Å². The molecule has 0 aromatic heterocycles. The summed E-state index contributed by atoms with van der Waals surface area (Å²) in [7, 11) is 1.61. The van der Waals surface area contributed by atoms with Crippen LogP contribution in [0, 0.1) is 0 Å². The molecule has 0 aliphatic heterocycles. The van der Waals surface area contributed by atoms with Crippen molar-refractivity contribution in [2.45, 2.75) is 38.9 Å². The second kappa shape index (κ2) is 12.4. The van der Waals surface area contributed by atoms with Gasteiger partial charge in [-0.3, -0.25) is 9.59 Å². The molecular formula is C27H28Cl2N2O3. The molecule has 7 heteroatoms. The van der Waals surface area contributed by atoms with Gasteiger partial charge in [0, 0.05) is 36.0 Å². The standard InChI is InChI=1S/C27H28Cl2N2O3/c1-3-26(32)31(18-20-9-13-23(34-2)14-10-20)25(15-19-7-5-4-6-8-19)27(33)30-17-21-11-12-22(28)16-24(21)29/h4-14,16,25H,3,15,17-18H2,1-2H3,(H,30,33). The van der Waals surface area contributed by atoms with Crippen molar-refractivity contribution in [3.63, 3.8) is 0 Å². The Morgan fingerprint density at radius 1 is 0.971 bits per heavy atom. The molecule has 0 aliphatic carbocycles. The maximum atomic E-state index is 13.5. The average molecular weight is 499 g/mol. The van der Waals surface area contributed by atoms with Crippen LogP contribution in [0.3, 0.4) is 0 Å². The summed E-state index contributed by atoms with van der Waals surface area (Å²) in [4.78, 5) is 28.1. The summed E-state index contributed by atoms with van der Waals surface area (Å²) in [6, 6.07) is 21.6. The van der Waals surface area contributed by atoms with Crippen molar-refractivity contribution in [3.05, 3.63) is 99.5 Å². The second-order valence-electron chi connectivity index (χ2n) is 7.88. The molecule has 5 nitrogen and oxygen atoms in total. The zero-order valence-corrected chi connectivity index (χ0v) is 20.8. The van der Waals surface area contributed by atoms with Crippen LogP contribution in [0.25, 0.3) is 0 Å². The van der Waals surface area contributed by atoms with Gasteiger partial charge in [0.15, 0.2) is 0 Å². The highest BCUT2D eigenvalue weighted by Gasteiger charge is 2.29. The molecule has 0 saturated carbocycles. The molecule has 1 unspecified atom stereocenters. The van der Waals surface area contributed by atoms with Gasteiger partial charge in [0.25, 0.3) is 0 Å². The molecular weight excluding hydrogens is 471 g/mol. The third kappa shape index (κ3) is 6.99. The number of hydrogen-bond donors (Lipinski definition) is 1. The molecule has 1 atom stereocenters. The number of carbonyl (C=O) groups is 2. The number of ether oxygens (including phenoxy) is 1. The Kier molecular flexibility index (Phi) is 9.37. The van der Waals surface area contributed by atoms with Gasteiger partial charge in [-0.05, 0) is 41.0 Å². The molecule has 0 fully saturated rings. The van der Waals surface area contributed by atoms with E-state index in [1.54, 1.807) is 37.1 Å². The van der Waals surface area contributed by atoms with Crippen LogP contribution in [-0.4, -0.2) is 29.9 Å². The predicted molar refractivity (Wildman–Crippen MR) is 136 cm³/mol. The van der Waals surface area contributed by atoms with Crippen molar-refractivity contribution in [1.29, 1.82) is 0 Å². The lowest BCUT2D eigenvalue weighted by Gasteiger charge is -2.31.